The summed E-state index contributed by atoms with van der Waals surface area (Å²) < 4.78 is 5.13. The third-order valence-corrected chi connectivity index (χ3v) is 6.12. The summed E-state index contributed by atoms with van der Waals surface area (Å²) in [4.78, 5) is 26.1. The summed E-state index contributed by atoms with van der Waals surface area (Å²) in [6.45, 7) is 2.64. The van der Waals surface area contributed by atoms with Crippen molar-refractivity contribution >= 4 is 23.6 Å². The van der Waals surface area contributed by atoms with Gasteiger partial charge in [0.05, 0.1) is 12.0 Å². The predicted octanol–water partition coefficient (Wildman–Crippen LogP) is 1.81. The number of rotatable bonds is 5. The number of hydrogen-bond donors (Lipinski definition) is 1. The van der Waals surface area contributed by atoms with Gasteiger partial charge < -0.3 is 15.0 Å². The fourth-order valence-electron chi connectivity index (χ4n) is 3.25. The SMILES string of the molecule is COc1ccc(CCNC(=O)[C@@H]2CS[C@@]3(C)CCC(=O)N23)cc1. The Morgan fingerprint density at radius 1 is 1.43 bits per heavy atom. The largest absolute Gasteiger partial charge is 0.497 e. The number of ether oxygens (including phenoxy) is 1. The van der Waals surface area contributed by atoms with Gasteiger partial charge in [-0.1, -0.05) is 12.1 Å². The van der Waals surface area contributed by atoms with Crippen molar-refractivity contribution < 1.29 is 14.3 Å². The van der Waals surface area contributed by atoms with E-state index in [1.165, 1.54) is 0 Å². The number of carbonyl (C=O) groups is 2. The van der Waals surface area contributed by atoms with Gasteiger partial charge in [-0.05, 0) is 37.5 Å². The summed E-state index contributed by atoms with van der Waals surface area (Å²) in [7, 11) is 1.64. The molecule has 0 aliphatic carbocycles. The van der Waals surface area contributed by atoms with Crippen LogP contribution in [0.15, 0.2) is 24.3 Å². The molecule has 2 amide bonds. The smallest absolute Gasteiger partial charge is 0.243 e. The van der Waals surface area contributed by atoms with E-state index >= 15 is 0 Å². The fourth-order valence-corrected chi connectivity index (χ4v) is 4.69. The van der Waals surface area contributed by atoms with Crippen LogP contribution in [0.1, 0.15) is 25.3 Å². The second-order valence-corrected chi connectivity index (χ2v) is 7.66. The number of hydrogen-bond acceptors (Lipinski definition) is 4. The molecule has 2 heterocycles. The molecular formula is C17H22N2O3S. The number of thioether (sulfide) groups is 1. The van der Waals surface area contributed by atoms with Crippen LogP contribution < -0.4 is 10.1 Å². The van der Waals surface area contributed by atoms with E-state index in [-0.39, 0.29) is 22.7 Å². The molecule has 2 aliphatic rings. The maximum absolute atomic E-state index is 12.4. The molecule has 2 atom stereocenters. The highest BCUT2D eigenvalue weighted by atomic mass is 32.2. The van der Waals surface area contributed by atoms with Crippen LogP contribution in [0.2, 0.25) is 0 Å². The highest BCUT2D eigenvalue weighted by Crippen LogP contribution is 2.47. The summed E-state index contributed by atoms with van der Waals surface area (Å²) >= 11 is 1.72. The van der Waals surface area contributed by atoms with Gasteiger partial charge in [0.15, 0.2) is 0 Å². The van der Waals surface area contributed by atoms with E-state index in [9.17, 15) is 9.59 Å². The first-order valence-electron chi connectivity index (χ1n) is 7.90. The molecule has 6 heteroatoms. The normalized spacial score (nSPS) is 26.3. The van der Waals surface area contributed by atoms with Gasteiger partial charge in [0.1, 0.15) is 11.8 Å². The van der Waals surface area contributed by atoms with E-state index in [2.05, 4.69) is 12.2 Å². The zero-order valence-electron chi connectivity index (χ0n) is 13.5. The van der Waals surface area contributed by atoms with Gasteiger partial charge in [-0.2, -0.15) is 0 Å². The van der Waals surface area contributed by atoms with E-state index in [1.54, 1.807) is 23.8 Å². The molecule has 0 saturated carbocycles. The van der Waals surface area contributed by atoms with Crippen LogP contribution in [0.4, 0.5) is 0 Å². The maximum atomic E-state index is 12.4. The van der Waals surface area contributed by atoms with Gasteiger partial charge in [-0.3, -0.25) is 9.59 Å². The first-order chi connectivity index (χ1) is 11.0. The molecule has 0 unspecified atom stereocenters. The molecule has 0 aromatic heterocycles. The van der Waals surface area contributed by atoms with Crippen molar-refractivity contribution in [1.82, 2.24) is 10.2 Å². The highest BCUT2D eigenvalue weighted by Gasteiger charge is 2.52. The molecule has 3 rings (SSSR count). The second kappa shape index (κ2) is 6.43. The van der Waals surface area contributed by atoms with Crippen molar-refractivity contribution in [2.24, 2.45) is 0 Å². The van der Waals surface area contributed by atoms with Crippen LogP contribution in [0, 0.1) is 0 Å². The van der Waals surface area contributed by atoms with Gasteiger partial charge in [0.25, 0.3) is 0 Å². The predicted molar refractivity (Wildman–Crippen MR) is 90.4 cm³/mol. The van der Waals surface area contributed by atoms with E-state index in [0.717, 1.165) is 24.2 Å². The van der Waals surface area contributed by atoms with Crippen molar-refractivity contribution in [1.29, 1.82) is 0 Å². The molecule has 0 spiro atoms. The van der Waals surface area contributed by atoms with Crippen molar-refractivity contribution in [2.75, 3.05) is 19.4 Å². The molecule has 124 valence electrons. The van der Waals surface area contributed by atoms with Gasteiger partial charge in [-0.25, -0.2) is 0 Å². The number of nitrogens with one attached hydrogen (secondary N) is 1. The topological polar surface area (TPSA) is 58.6 Å². The quantitative estimate of drug-likeness (QED) is 0.892. The lowest BCUT2D eigenvalue weighted by Gasteiger charge is -2.29. The lowest BCUT2D eigenvalue weighted by Crippen LogP contribution is -2.50. The summed E-state index contributed by atoms with van der Waals surface area (Å²) in [5.74, 6) is 1.58. The van der Waals surface area contributed by atoms with Crippen molar-refractivity contribution in [3.05, 3.63) is 29.8 Å². The summed E-state index contributed by atoms with van der Waals surface area (Å²) in [6.07, 6.45) is 2.16. The minimum Gasteiger partial charge on any atom is -0.497 e. The van der Waals surface area contributed by atoms with Gasteiger partial charge in [0.2, 0.25) is 11.8 Å². The minimum absolute atomic E-state index is 0.0370. The van der Waals surface area contributed by atoms with Gasteiger partial charge in [0, 0.05) is 18.7 Å². The van der Waals surface area contributed by atoms with Gasteiger partial charge in [-0.15, -0.1) is 11.8 Å². The second-order valence-electron chi connectivity index (χ2n) is 6.15. The Labute approximate surface area is 140 Å². The molecule has 0 radical (unpaired) electrons. The summed E-state index contributed by atoms with van der Waals surface area (Å²) in [5, 5.41) is 2.97. The lowest BCUT2D eigenvalue weighted by atomic mass is 10.1. The highest BCUT2D eigenvalue weighted by molar-refractivity contribution is 8.01. The van der Waals surface area contributed by atoms with Crippen LogP contribution in [-0.4, -0.2) is 47.0 Å². The monoisotopic (exact) mass is 334 g/mol. The van der Waals surface area contributed by atoms with E-state index in [1.807, 2.05) is 24.3 Å². The molecule has 2 saturated heterocycles. The number of benzene rings is 1. The van der Waals surface area contributed by atoms with Crippen molar-refractivity contribution in [3.8, 4) is 5.75 Å². The standard InChI is InChI=1S/C17H22N2O3S/c1-17-9-7-15(20)19(17)14(11-23-17)16(21)18-10-8-12-3-5-13(22-2)6-4-12/h3-6,14H,7-11H2,1-2H3,(H,18,21)/t14-,17-/m0/s1. The molecule has 1 aromatic carbocycles. The van der Waals surface area contributed by atoms with E-state index in [4.69, 9.17) is 4.74 Å². The maximum Gasteiger partial charge on any atom is 0.243 e. The lowest BCUT2D eigenvalue weighted by molar-refractivity contribution is -0.137. The van der Waals surface area contributed by atoms with Crippen molar-refractivity contribution in [2.45, 2.75) is 37.1 Å². The fraction of sp³-hybridized carbons (Fsp3) is 0.529. The van der Waals surface area contributed by atoms with E-state index in [0.29, 0.717) is 18.7 Å². The Morgan fingerprint density at radius 2 is 2.17 bits per heavy atom. The van der Waals surface area contributed by atoms with E-state index < -0.39 is 0 Å². The number of methoxy groups -OCH3 is 1. The molecule has 2 fully saturated rings. The third-order valence-electron chi connectivity index (χ3n) is 4.62. The minimum atomic E-state index is -0.323. The summed E-state index contributed by atoms with van der Waals surface area (Å²) in [5.41, 5.74) is 1.15. The third kappa shape index (κ3) is 3.17. The number of amides is 2. The Kier molecular flexibility index (Phi) is 4.53. The van der Waals surface area contributed by atoms with Crippen LogP contribution >= 0.6 is 11.8 Å². The van der Waals surface area contributed by atoms with Crippen LogP contribution in [-0.2, 0) is 16.0 Å². The zero-order chi connectivity index (χ0) is 16.4. The first-order valence-corrected chi connectivity index (χ1v) is 8.89. The molecule has 23 heavy (non-hydrogen) atoms. The Hall–Kier alpha value is -1.69. The first kappa shape index (κ1) is 16.2. The Balaban J connectivity index is 1.52. The molecule has 2 aliphatic heterocycles. The molecule has 1 aromatic rings. The molecular weight excluding hydrogens is 312 g/mol. The number of nitrogens with zero attached hydrogens (tertiary/aromatic N) is 1. The van der Waals surface area contributed by atoms with Crippen molar-refractivity contribution in [3.63, 3.8) is 0 Å². The Bertz CT molecular complexity index is 604. The average molecular weight is 334 g/mol. The van der Waals surface area contributed by atoms with Crippen LogP contribution in [0.25, 0.3) is 0 Å². The average Bonchev–Trinajstić information content (AvgIpc) is 3.04. The Morgan fingerprint density at radius 3 is 2.87 bits per heavy atom. The molecule has 0 bridgehead atoms. The molecule has 1 N–H and O–H groups in total. The van der Waals surface area contributed by atoms with Crippen LogP contribution in [0.5, 0.6) is 5.75 Å². The van der Waals surface area contributed by atoms with Gasteiger partial charge >= 0.3 is 0 Å². The zero-order valence-corrected chi connectivity index (χ0v) is 14.3. The molecule has 5 nitrogen and oxygen atoms in total. The van der Waals surface area contributed by atoms with Crippen LogP contribution in [0.3, 0.4) is 0 Å². The number of carbonyl (C=O) groups excluding carboxylic acids is 2. The summed E-state index contributed by atoms with van der Waals surface area (Å²) in [6, 6.07) is 7.50. The number of fused-ring (bicyclic) bond motifs is 1.